The molecule has 2 atom stereocenters. The molecule has 1 fully saturated rings. The van der Waals surface area contributed by atoms with Gasteiger partial charge in [-0.15, -0.1) is 0 Å². The van der Waals surface area contributed by atoms with Crippen LogP contribution in [0, 0.1) is 11.3 Å². The average molecular weight is 307 g/mol. The van der Waals surface area contributed by atoms with Crippen molar-refractivity contribution in [1.29, 1.82) is 0 Å². The quantitative estimate of drug-likeness (QED) is 0.648. The Kier molecular flexibility index (Phi) is 3.62. The van der Waals surface area contributed by atoms with Gasteiger partial charge in [-0.25, -0.2) is 10.8 Å². The van der Waals surface area contributed by atoms with E-state index in [1.807, 2.05) is 17.3 Å². The zero-order valence-electron chi connectivity index (χ0n) is 12.9. The summed E-state index contributed by atoms with van der Waals surface area (Å²) in [5.41, 5.74) is 2.03. The molecule has 0 bridgehead atoms. The van der Waals surface area contributed by atoms with E-state index in [2.05, 4.69) is 30.7 Å². The SMILES string of the molecule is CC1CC(N(N)c2c(Cl)cnc3[nH]ccc23)CC(C)(C)C1. The lowest BCUT2D eigenvalue weighted by Gasteiger charge is -2.43. The van der Waals surface area contributed by atoms with E-state index < -0.39 is 0 Å². The number of halogens is 1. The number of fused-ring (bicyclic) bond motifs is 1. The van der Waals surface area contributed by atoms with Gasteiger partial charge < -0.3 is 9.99 Å². The molecular weight excluding hydrogens is 284 g/mol. The molecule has 0 spiro atoms. The molecule has 2 aromatic heterocycles. The lowest BCUT2D eigenvalue weighted by atomic mass is 9.70. The number of hydrogen-bond donors (Lipinski definition) is 2. The van der Waals surface area contributed by atoms with E-state index in [4.69, 9.17) is 17.4 Å². The van der Waals surface area contributed by atoms with Gasteiger partial charge in [-0.3, -0.25) is 0 Å². The summed E-state index contributed by atoms with van der Waals surface area (Å²) in [6.07, 6.45) is 6.98. The molecule has 1 aliphatic carbocycles. The summed E-state index contributed by atoms with van der Waals surface area (Å²) < 4.78 is 0. The van der Waals surface area contributed by atoms with Crippen LogP contribution in [-0.2, 0) is 0 Å². The van der Waals surface area contributed by atoms with Crippen LogP contribution in [0.5, 0.6) is 0 Å². The van der Waals surface area contributed by atoms with Crippen molar-refractivity contribution in [3.63, 3.8) is 0 Å². The van der Waals surface area contributed by atoms with Crippen molar-refractivity contribution in [1.82, 2.24) is 9.97 Å². The molecule has 4 nitrogen and oxygen atoms in total. The number of nitrogens with two attached hydrogens (primary N) is 1. The second-order valence-electron chi connectivity index (χ2n) is 7.17. The van der Waals surface area contributed by atoms with Gasteiger partial charge in [0.25, 0.3) is 0 Å². The Balaban J connectivity index is 1.98. The number of aromatic nitrogens is 2. The van der Waals surface area contributed by atoms with E-state index in [0.29, 0.717) is 22.4 Å². The molecule has 3 rings (SSSR count). The Morgan fingerprint density at radius 1 is 1.43 bits per heavy atom. The van der Waals surface area contributed by atoms with Crippen LogP contribution in [0.15, 0.2) is 18.5 Å². The van der Waals surface area contributed by atoms with E-state index in [-0.39, 0.29) is 0 Å². The Bertz CT molecular complexity index is 649. The highest BCUT2D eigenvalue weighted by molar-refractivity contribution is 6.34. The maximum atomic E-state index is 6.49. The standard InChI is InChI=1S/C16H23ClN4/c1-10-6-11(8-16(2,3)7-10)21(18)14-12-4-5-19-15(12)20-9-13(14)17/h4-5,9-11H,6-8,18H2,1-3H3,(H,19,20). The van der Waals surface area contributed by atoms with Crippen LogP contribution in [0.1, 0.15) is 40.0 Å². The molecule has 1 aliphatic rings. The highest BCUT2D eigenvalue weighted by atomic mass is 35.5. The first-order chi connectivity index (χ1) is 9.87. The normalized spacial score (nSPS) is 25.2. The van der Waals surface area contributed by atoms with Gasteiger partial charge in [0.05, 0.1) is 16.9 Å². The highest BCUT2D eigenvalue weighted by Gasteiger charge is 2.35. The van der Waals surface area contributed by atoms with Crippen LogP contribution in [0.4, 0.5) is 5.69 Å². The molecule has 5 heteroatoms. The predicted molar refractivity (Wildman–Crippen MR) is 88.4 cm³/mol. The first-order valence-electron chi connectivity index (χ1n) is 7.53. The van der Waals surface area contributed by atoms with Crippen LogP contribution in [0.2, 0.25) is 5.02 Å². The predicted octanol–water partition coefficient (Wildman–Crippen LogP) is 4.11. The molecule has 2 aromatic rings. The van der Waals surface area contributed by atoms with Crippen molar-refractivity contribution in [3.05, 3.63) is 23.5 Å². The largest absolute Gasteiger partial charge is 0.346 e. The topological polar surface area (TPSA) is 57.9 Å². The van der Waals surface area contributed by atoms with Gasteiger partial charge in [-0.1, -0.05) is 32.4 Å². The summed E-state index contributed by atoms with van der Waals surface area (Å²) in [5.74, 6) is 7.16. The fraction of sp³-hybridized carbons (Fsp3) is 0.562. The van der Waals surface area contributed by atoms with Gasteiger partial charge in [-0.05, 0) is 36.7 Å². The summed E-state index contributed by atoms with van der Waals surface area (Å²) in [5, 5.41) is 3.47. The number of aromatic amines is 1. The number of pyridine rings is 1. The highest BCUT2D eigenvalue weighted by Crippen LogP contribution is 2.42. The Labute approximate surface area is 130 Å². The number of anilines is 1. The van der Waals surface area contributed by atoms with Crippen molar-refractivity contribution in [2.45, 2.75) is 46.1 Å². The second-order valence-corrected chi connectivity index (χ2v) is 7.58. The van der Waals surface area contributed by atoms with Crippen LogP contribution < -0.4 is 10.9 Å². The number of rotatable bonds is 2. The maximum absolute atomic E-state index is 6.49. The molecule has 114 valence electrons. The Hall–Kier alpha value is -1.26. The second kappa shape index (κ2) is 5.18. The summed E-state index contributed by atoms with van der Waals surface area (Å²) in [6, 6.07) is 2.29. The van der Waals surface area contributed by atoms with Gasteiger partial charge in [0.15, 0.2) is 0 Å². The summed E-state index contributed by atoms with van der Waals surface area (Å²) in [4.78, 5) is 7.42. The zero-order valence-corrected chi connectivity index (χ0v) is 13.6. The first kappa shape index (κ1) is 14.7. The molecule has 0 saturated heterocycles. The number of hydrogen-bond acceptors (Lipinski definition) is 3. The van der Waals surface area contributed by atoms with Gasteiger partial charge in [-0.2, -0.15) is 0 Å². The van der Waals surface area contributed by atoms with E-state index in [0.717, 1.165) is 29.6 Å². The van der Waals surface area contributed by atoms with Crippen LogP contribution >= 0.6 is 11.6 Å². The third kappa shape index (κ3) is 2.74. The van der Waals surface area contributed by atoms with Gasteiger partial charge >= 0.3 is 0 Å². The molecule has 0 aromatic carbocycles. The average Bonchev–Trinajstić information content (AvgIpc) is 2.83. The Morgan fingerprint density at radius 2 is 2.19 bits per heavy atom. The molecule has 3 N–H and O–H groups in total. The van der Waals surface area contributed by atoms with Gasteiger partial charge in [0, 0.05) is 17.6 Å². The van der Waals surface area contributed by atoms with Gasteiger partial charge in [0.1, 0.15) is 5.65 Å². The fourth-order valence-corrected chi connectivity index (χ4v) is 4.17. The Morgan fingerprint density at radius 3 is 2.90 bits per heavy atom. The van der Waals surface area contributed by atoms with Crippen molar-refractivity contribution >= 4 is 28.3 Å². The number of nitrogens with one attached hydrogen (secondary N) is 1. The molecule has 0 amide bonds. The fourth-order valence-electron chi connectivity index (χ4n) is 3.92. The van der Waals surface area contributed by atoms with Crippen molar-refractivity contribution in [3.8, 4) is 0 Å². The molecule has 2 unspecified atom stereocenters. The molecule has 2 heterocycles. The van der Waals surface area contributed by atoms with E-state index in [9.17, 15) is 0 Å². The minimum absolute atomic E-state index is 0.307. The van der Waals surface area contributed by atoms with Crippen LogP contribution in [0.25, 0.3) is 11.0 Å². The summed E-state index contributed by atoms with van der Waals surface area (Å²) >= 11 is 6.38. The minimum Gasteiger partial charge on any atom is -0.346 e. The minimum atomic E-state index is 0.307. The monoisotopic (exact) mass is 306 g/mol. The molecular formula is C16H23ClN4. The van der Waals surface area contributed by atoms with Crippen molar-refractivity contribution < 1.29 is 0 Å². The van der Waals surface area contributed by atoms with E-state index >= 15 is 0 Å². The number of hydrazine groups is 1. The third-order valence-electron chi connectivity index (χ3n) is 4.53. The van der Waals surface area contributed by atoms with E-state index in [1.54, 1.807) is 6.20 Å². The first-order valence-corrected chi connectivity index (χ1v) is 7.91. The summed E-state index contributed by atoms with van der Waals surface area (Å²) in [6.45, 7) is 6.95. The van der Waals surface area contributed by atoms with Crippen LogP contribution in [-0.4, -0.2) is 16.0 Å². The zero-order chi connectivity index (χ0) is 15.2. The molecule has 0 aliphatic heterocycles. The lowest BCUT2D eigenvalue weighted by Crippen LogP contribution is -2.47. The molecule has 21 heavy (non-hydrogen) atoms. The lowest BCUT2D eigenvalue weighted by molar-refractivity contribution is 0.165. The summed E-state index contributed by atoms with van der Waals surface area (Å²) in [7, 11) is 0. The third-order valence-corrected chi connectivity index (χ3v) is 4.81. The number of nitrogens with zero attached hydrogens (tertiary/aromatic N) is 2. The molecule has 1 saturated carbocycles. The number of H-pyrrole nitrogens is 1. The van der Waals surface area contributed by atoms with Crippen LogP contribution in [0.3, 0.4) is 0 Å². The van der Waals surface area contributed by atoms with Crippen molar-refractivity contribution in [2.75, 3.05) is 5.01 Å². The maximum Gasteiger partial charge on any atom is 0.139 e. The van der Waals surface area contributed by atoms with Gasteiger partial charge in [0.2, 0.25) is 0 Å². The molecule has 0 radical (unpaired) electrons. The van der Waals surface area contributed by atoms with E-state index in [1.165, 1.54) is 6.42 Å². The van der Waals surface area contributed by atoms with Crippen molar-refractivity contribution in [2.24, 2.45) is 17.2 Å². The smallest absolute Gasteiger partial charge is 0.139 e.